The highest BCUT2D eigenvalue weighted by atomic mass is 35.5. The molecular formula is C19H13ClN4O4. The summed E-state index contributed by atoms with van der Waals surface area (Å²) >= 11 is 6.31. The fourth-order valence-corrected chi connectivity index (χ4v) is 2.85. The number of aromatic nitrogens is 3. The Morgan fingerprint density at radius 3 is 2.86 bits per heavy atom. The third-order valence-corrected chi connectivity index (χ3v) is 4.31. The number of benzene rings is 1. The number of H-pyrrole nitrogens is 1. The summed E-state index contributed by atoms with van der Waals surface area (Å²) in [5.74, 6) is -0.234. The van der Waals surface area contributed by atoms with Crippen molar-refractivity contribution in [1.29, 1.82) is 0 Å². The van der Waals surface area contributed by atoms with Gasteiger partial charge < -0.3 is 19.5 Å². The summed E-state index contributed by atoms with van der Waals surface area (Å²) in [6.45, 7) is 0. The third kappa shape index (κ3) is 3.33. The second kappa shape index (κ2) is 7.16. The predicted octanol–water partition coefficient (Wildman–Crippen LogP) is 3.91. The van der Waals surface area contributed by atoms with Crippen molar-refractivity contribution in [3.8, 4) is 11.4 Å². The predicted molar refractivity (Wildman–Crippen MR) is 102 cm³/mol. The number of furan rings is 1. The van der Waals surface area contributed by atoms with Crippen LogP contribution in [0.25, 0.3) is 22.6 Å². The van der Waals surface area contributed by atoms with E-state index in [4.69, 9.17) is 20.8 Å². The summed E-state index contributed by atoms with van der Waals surface area (Å²) in [6, 6.07) is 9.80. The lowest BCUT2D eigenvalue weighted by Crippen LogP contribution is -2.10. The molecule has 0 saturated carbocycles. The molecule has 3 aromatic heterocycles. The number of rotatable bonds is 4. The maximum atomic E-state index is 12.2. The summed E-state index contributed by atoms with van der Waals surface area (Å²) in [6.07, 6.45) is 2.81. The molecule has 0 aliphatic carbocycles. The van der Waals surface area contributed by atoms with Crippen LogP contribution in [0.3, 0.4) is 0 Å². The van der Waals surface area contributed by atoms with Crippen LogP contribution in [0.15, 0.2) is 53.3 Å². The van der Waals surface area contributed by atoms with E-state index >= 15 is 0 Å². The van der Waals surface area contributed by atoms with Crippen molar-refractivity contribution < 1.29 is 18.7 Å². The number of hydrogen-bond donors (Lipinski definition) is 2. The maximum absolute atomic E-state index is 12.2. The second-order valence-electron chi connectivity index (χ2n) is 5.80. The molecule has 2 N–H and O–H groups in total. The standard InChI is InChI=1S/C19H13ClN4O4/c1-27-19(26)10-7-14-17(21-9-10)24-16(23-14)12-8-11(4-5-13(12)20)22-18(25)15-3-2-6-28-15/h2-9H,1H3,(H,22,25)(H,21,23,24). The number of pyridine rings is 1. The van der Waals surface area contributed by atoms with Crippen molar-refractivity contribution in [2.75, 3.05) is 12.4 Å². The number of ether oxygens (including phenoxy) is 1. The van der Waals surface area contributed by atoms with E-state index in [2.05, 4.69) is 20.3 Å². The van der Waals surface area contributed by atoms with Crippen molar-refractivity contribution in [3.05, 3.63) is 65.2 Å². The van der Waals surface area contributed by atoms with Gasteiger partial charge in [-0.25, -0.2) is 14.8 Å². The zero-order valence-electron chi connectivity index (χ0n) is 14.5. The number of fused-ring (bicyclic) bond motifs is 1. The number of carbonyl (C=O) groups excluding carboxylic acids is 2. The van der Waals surface area contributed by atoms with Crippen molar-refractivity contribution >= 4 is 40.3 Å². The van der Waals surface area contributed by atoms with E-state index in [9.17, 15) is 9.59 Å². The molecule has 1 aromatic carbocycles. The lowest BCUT2D eigenvalue weighted by molar-refractivity contribution is 0.0600. The van der Waals surface area contributed by atoms with E-state index < -0.39 is 5.97 Å². The highest BCUT2D eigenvalue weighted by molar-refractivity contribution is 6.33. The number of esters is 1. The summed E-state index contributed by atoms with van der Waals surface area (Å²) in [5, 5.41) is 3.17. The number of halogens is 1. The van der Waals surface area contributed by atoms with Crippen molar-refractivity contribution in [1.82, 2.24) is 15.0 Å². The summed E-state index contributed by atoms with van der Waals surface area (Å²) in [7, 11) is 1.30. The Morgan fingerprint density at radius 1 is 1.25 bits per heavy atom. The first kappa shape index (κ1) is 17.7. The Bertz CT molecular complexity index is 1180. The van der Waals surface area contributed by atoms with Gasteiger partial charge in [0.2, 0.25) is 0 Å². The molecule has 0 saturated heterocycles. The number of nitrogens with one attached hydrogen (secondary N) is 2. The lowest BCUT2D eigenvalue weighted by atomic mass is 10.2. The Morgan fingerprint density at radius 2 is 2.11 bits per heavy atom. The van der Waals surface area contributed by atoms with Crippen molar-refractivity contribution in [2.45, 2.75) is 0 Å². The number of nitrogens with zero attached hydrogens (tertiary/aromatic N) is 2. The SMILES string of the molecule is COC(=O)c1cnc2nc(-c3cc(NC(=O)c4ccco4)ccc3Cl)[nH]c2c1. The van der Waals surface area contributed by atoms with Gasteiger partial charge >= 0.3 is 5.97 Å². The molecule has 0 aliphatic rings. The number of aromatic amines is 1. The van der Waals surface area contributed by atoms with Crippen molar-refractivity contribution in [3.63, 3.8) is 0 Å². The summed E-state index contributed by atoms with van der Waals surface area (Å²) < 4.78 is 9.78. The number of amides is 1. The van der Waals surface area contributed by atoms with E-state index in [0.717, 1.165) is 0 Å². The van der Waals surface area contributed by atoms with E-state index in [-0.39, 0.29) is 11.7 Å². The van der Waals surface area contributed by atoms with Crippen molar-refractivity contribution in [2.24, 2.45) is 0 Å². The minimum atomic E-state index is -0.494. The number of carbonyl (C=O) groups is 2. The van der Waals surface area contributed by atoms with Gasteiger partial charge in [0.15, 0.2) is 11.4 Å². The molecule has 8 nitrogen and oxygen atoms in total. The summed E-state index contributed by atoms with van der Waals surface area (Å²) in [4.78, 5) is 35.5. The molecular weight excluding hydrogens is 384 g/mol. The van der Waals surface area contributed by atoms with E-state index in [0.29, 0.717) is 38.8 Å². The molecule has 0 radical (unpaired) electrons. The lowest BCUT2D eigenvalue weighted by Gasteiger charge is -2.07. The Balaban J connectivity index is 1.68. The third-order valence-electron chi connectivity index (χ3n) is 3.98. The van der Waals surface area contributed by atoms with Crippen LogP contribution < -0.4 is 5.32 Å². The number of hydrogen-bond acceptors (Lipinski definition) is 6. The van der Waals surface area contributed by atoms with Crippen LogP contribution >= 0.6 is 11.6 Å². The van der Waals surface area contributed by atoms with Gasteiger partial charge in [-0.15, -0.1) is 0 Å². The van der Waals surface area contributed by atoms with Gasteiger partial charge in [-0.3, -0.25) is 4.79 Å². The quantitative estimate of drug-likeness (QED) is 0.506. The molecule has 4 rings (SSSR count). The number of anilines is 1. The van der Waals surface area contributed by atoms with Crippen LogP contribution in [0.1, 0.15) is 20.9 Å². The maximum Gasteiger partial charge on any atom is 0.339 e. The molecule has 9 heteroatoms. The van der Waals surface area contributed by atoms with Crippen LogP contribution in [0.4, 0.5) is 5.69 Å². The topological polar surface area (TPSA) is 110 Å². The van der Waals surface area contributed by atoms with Gasteiger partial charge in [-0.05, 0) is 36.4 Å². The van der Waals surface area contributed by atoms with Crippen LogP contribution in [0.2, 0.25) is 5.02 Å². The zero-order valence-corrected chi connectivity index (χ0v) is 15.3. The monoisotopic (exact) mass is 396 g/mol. The zero-order chi connectivity index (χ0) is 19.7. The smallest absolute Gasteiger partial charge is 0.339 e. The highest BCUT2D eigenvalue weighted by Crippen LogP contribution is 2.30. The van der Waals surface area contributed by atoms with Crippen LogP contribution in [-0.2, 0) is 4.74 Å². The molecule has 1 amide bonds. The Hall–Kier alpha value is -3.65. The molecule has 140 valence electrons. The fraction of sp³-hybridized carbons (Fsp3) is 0.0526. The van der Waals surface area contributed by atoms with Crippen LogP contribution in [0, 0.1) is 0 Å². The van der Waals surface area contributed by atoms with Crippen LogP contribution in [-0.4, -0.2) is 33.9 Å². The molecule has 0 unspecified atom stereocenters. The largest absolute Gasteiger partial charge is 0.465 e. The number of imidazole rings is 1. The van der Waals surface area contributed by atoms with Gasteiger partial charge in [0.1, 0.15) is 5.82 Å². The molecule has 0 fully saturated rings. The first-order valence-corrected chi connectivity index (χ1v) is 8.52. The average molecular weight is 397 g/mol. The fourth-order valence-electron chi connectivity index (χ4n) is 2.64. The van der Waals surface area contributed by atoms with E-state index in [1.807, 2.05) is 0 Å². The minimum absolute atomic E-state index is 0.194. The molecule has 4 aromatic rings. The summed E-state index contributed by atoms with van der Waals surface area (Å²) in [5.41, 5.74) is 2.36. The molecule has 0 aliphatic heterocycles. The van der Waals surface area contributed by atoms with E-state index in [1.54, 1.807) is 36.4 Å². The highest BCUT2D eigenvalue weighted by Gasteiger charge is 2.15. The second-order valence-corrected chi connectivity index (χ2v) is 6.21. The minimum Gasteiger partial charge on any atom is -0.465 e. The van der Waals surface area contributed by atoms with Gasteiger partial charge in [0.25, 0.3) is 5.91 Å². The molecule has 28 heavy (non-hydrogen) atoms. The van der Waals surface area contributed by atoms with E-state index in [1.165, 1.54) is 19.6 Å². The normalized spacial score (nSPS) is 10.8. The number of methoxy groups -OCH3 is 1. The van der Waals surface area contributed by atoms with Crippen LogP contribution in [0.5, 0.6) is 0 Å². The Kier molecular flexibility index (Phi) is 4.54. The Labute approximate surface area is 163 Å². The van der Waals surface area contributed by atoms with Gasteiger partial charge in [-0.2, -0.15) is 0 Å². The van der Waals surface area contributed by atoms with Gasteiger partial charge in [0, 0.05) is 17.4 Å². The first-order valence-electron chi connectivity index (χ1n) is 8.14. The molecule has 0 bridgehead atoms. The molecule has 0 spiro atoms. The van der Waals surface area contributed by atoms with Gasteiger partial charge in [-0.1, -0.05) is 11.6 Å². The molecule has 0 atom stereocenters. The average Bonchev–Trinajstić information content (AvgIpc) is 3.38. The van der Waals surface area contributed by atoms with Gasteiger partial charge in [0.05, 0.1) is 29.5 Å². The molecule has 3 heterocycles. The first-order chi connectivity index (χ1) is 13.5.